The smallest absolute Gasteiger partial charge is 0.135 e. The molecule has 11 aromatic rings. The van der Waals surface area contributed by atoms with Crippen molar-refractivity contribution in [3.8, 4) is 44.5 Å². The number of fused-ring (bicyclic) bond motifs is 12. The number of hydrogen-bond donors (Lipinski definition) is 0. The lowest BCUT2D eigenvalue weighted by atomic mass is 9.73. The zero-order valence-electron chi connectivity index (χ0n) is 36.1. The molecule has 1 spiro atoms. The van der Waals surface area contributed by atoms with E-state index in [0.717, 1.165) is 62.0 Å². The van der Waals surface area contributed by atoms with Gasteiger partial charge in [0.2, 0.25) is 0 Å². The van der Waals surface area contributed by atoms with Crippen molar-refractivity contribution in [1.29, 1.82) is 0 Å². The number of benzene rings is 10. The van der Waals surface area contributed by atoms with Gasteiger partial charge in [-0.1, -0.05) is 182 Å². The van der Waals surface area contributed by atoms with Gasteiger partial charge in [0.15, 0.2) is 0 Å². The Morgan fingerprint density at radius 1 is 0.303 bits per heavy atom. The zero-order chi connectivity index (χ0) is 43.6. The van der Waals surface area contributed by atoms with Crippen LogP contribution in [-0.4, -0.2) is 0 Å². The van der Waals surface area contributed by atoms with Crippen LogP contribution in [0.2, 0.25) is 0 Å². The summed E-state index contributed by atoms with van der Waals surface area (Å²) in [5, 5.41) is 1.12. The van der Waals surface area contributed by atoms with E-state index < -0.39 is 5.41 Å². The van der Waals surface area contributed by atoms with E-state index in [4.69, 9.17) is 4.42 Å². The van der Waals surface area contributed by atoms with Gasteiger partial charge in [-0.2, -0.15) is 0 Å². The van der Waals surface area contributed by atoms with Crippen molar-refractivity contribution >= 4 is 45.1 Å². The number of rotatable bonds is 8. The molecule has 0 bridgehead atoms. The SMILES string of the molecule is c1ccc(-c2ccc(N(c3ccc4c(c3)-c3ccccc3C43c4ccc(N(c5ccccc5)c5ccccc5)cc4-c4c3oc3ccccc43)c3ccccc3-c3ccccc3)cc2)cc1. The molecular weight excluding hydrogens is 801 g/mol. The molecule has 0 radical (unpaired) electrons. The monoisotopic (exact) mass is 842 g/mol. The van der Waals surface area contributed by atoms with Crippen molar-refractivity contribution in [3.63, 3.8) is 0 Å². The predicted molar refractivity (Wildman–Crippen MR) is 273 cm³/mol. The molecule has 1 unspecified atom stereocenters. The van der Waals surface area contributed by atoms with E-state index in [-0.39, 0.29) is 0 Å². The van der Waals surface area contributed by atoms with Crippen molar-refractivity contribution in [2.24, 2.45) is 0 Å². The molecule has 0 aliphatic heterocycles. The summed E-state index contributed by atoms with van der Waals surface area (Å²) < 4.78 is 7.22. The van der Waals surface area contributed by atoms with E-state index in [2.05, 4.69) is 265 Å². The van der Waals surface area contributed by atoms with Crippen LogP contribution in [0.3, 0.4) is 0 Å². The van der Waals surface area contributed by atoms with Crippen LogP contribution < -0.4 is 9.80 Å². The summed E-state index contributed by atoms with van der Waals surface area (Å²) in [6.07, 6.45) is 0. The topological polar surface area (TPSA) is 19.6 Å². The van der Waals surface area contributed by atoms with Crippen LogP contribution in [0.15, 0.2) is 259 Å². The second kappa shape index (κ2) is 15.3. The standard InChI is InChI=1S/C63H42N2O/c1-5-19-43(20-6-1)44-33-35-48(36-34-44)65(59-31-17-14-27-51(59)45-21-7-2-8-22-45)50-38-39-57-54(41-50)52-28-13-16-30-56(52)63(57)58-40-37-49(42-55(58)61-53-29-15-18-32-60(53)66-62(61)63)64(46-23-9-3-10-24-46)47-25-11-4-12-26-47/h1-42H. The lowest BCUT2D eigenvalue weighted by Crippen LogP contribution is -2.25. The summed E-state index contributed by atoms with van der Waals surface area (Å²) in [5.74, 6) is 0.976. The molecule has 1 aromatic heterocycles. The van der Waals surface area contributed by atoms with Gasteiger partial charge in [0.05, 0.1) is 5.69 Å². The van der Waals surface area contributed by atoms with Gasteiger partial charge in [-0.25, -0.2) is 0 Å². The lowest BCUT2D eigenvalue weighted by Gasteiger charge is -2.31. The number of hydrogen-bond acceptors (Lipinski definition) is 3. The second-order valence-electron chi connectivity index (χ2n) is 17.2. The van der Waals surface area contributed by atoms with Gasteiger partial charge < -0.3 is 14.2 Å². The van der Waals surface area contributed by atoms with Crippen LogP contribution in [0.1, 0.15) is 22.5 Å². The third-order valence-electron chi connectivity index (χ3n) is 13.6. The van der Waals surface area contributed by atoms with Crippen molar-refractivity contribution in [2.45, 2.75) is 5.41 Å². The minimum absolute atomic E-state index is 0.679. The Kier molecular flexibility index (Phi) is 8.75. The molecule has 1 heterocycles. The lowest BCUT2D eigenvalue weighted by molar-refractivity contribution is 0.507. The van der Waals surface area contributed by atoms with E-state index >= 15 is 0 Å². The summed E-state index contributed by atoms with van der Waals surface area (Å²) in [6, 6.07) is 92.1. The first-order valence-electron chi connectivity index (χ1n) is 22.7. The summed E-state index contributed by atoms with van der Waals surface area (Å²) in [4.78, 5) is 4.78. The molecule has 2 aliphatic carbocycles. The molecule has 0 saturated heterocycles. The largest absolute Gasteiger partial charge is 0.459 e. The van der Waals surface area contributed by atoms with Crippen LogP contribution in [0, 0.1) is 0 Å². The number of para-hydroxylation sites is 4. The van der Waals surface area contributed by atoms with E-state index in [1.807, 2.05) is 0 Å². The Bertz CT molecular complexity index is 3540. The maximum absolute atomic E-state index is 7.22. The number of furan rings is 1. The average Bonchev–Trinajstić information content (AvgIpc) is 4.02. The Balaban J connectivity index is 1.04. The fourth-order valence-corrected chi connectivity index (χ4v) is 10.8. The number of anilines is 6. The first-order valence-corrected chi connectivity index (χ1v) is 22.7. The fraction of sp³-hybridized carbons (Fsp3) is 0.0159. The van der Waals surface area contributed by atoms with Gasteiger partial charge >= 0.3 is 0 Å². The van der Waals surface area contributed by atoms with Crippen LogP contribution in [0.4, 0.5) is 34.1 Å². The summed E-state index contributed by atoms with van der Waals surface area (Å²) in [7, 11) is 0. The van der Waals surface area contributed by atoms with Crippen molar-refractivity contribution in [3.05, 3.63) is 277 Å². The molecule has 3 heteroatoms. The molecule has 2 aliphatic rings. The highest BCUT2D eigenvalue weighted by Gasteiger charge is 2.55. The van der Waals surface area contributed by atoms with E-state index in [0.29, 0.717) is 0 Å². The zero-order valence-corrected chi connectivity index (χ0v) is 36.1. The van der Waals surface area contributed by atoms with Crippen LogP contribution in [0.25, 0.3) is 55.5 Å². The molecule has 310 valence electrons. The van der Waals surface area contributed by atoms with Gasteiger partial charge in [0.1, 0.15) is 16.8 Å². The highest BCUT2D eigenvalue weighted by atomic mass is 16.3. The van der Waals surface area contributed by atoms with E-state index in [9.17, 15) is 0 Å². The van der Waals surface area contributed by atoms with Crippen molar-refractivity contribution in [1.82, 2.24) is 0 Å². The molecule has 0 amide bonds. The molecule has 66 heavy (non-hydrogen) atoms. The maximum Gasteiger partial charge on any atom is 0.135 e. The van der Waals surface area contributed by atoms with Gasteiger partial charge in [0, 0.05) is 45.0 Å². The quantitative estimate of drug-likeness (QED) is 0.152. The highest BCUT2D eigenvalue weighted by molar-refractivity contribution is 6.06. The second-order valence-corrected chi connectivity index (χ2v) is 17.2. The molecule has 13 rings (SSSR count). The first kappa shape index (κ1) is 37.9. The Morgan fingerprint density at radius 3 is 1.47 bits per heavy atom. The Labute approximate surface area is 384 Å². The third kappa shape index (κ3) is 5.77. The third-order valence-corrected chi connectivity index (χ3v) is 13.6. The molecule has 0 fully saturated rings. The van der Waals surface area contributed by atoms with E-state index in [1.165, 1.54) is 50.1 Å². The molecule has 3 nitrogen and oxygen atoms in total. The highest BCUT2D eigenvalue weighted by Crippen LogP contribution is 2.65. The average molecular weight is 843 g/mol. The molecule has 10 aromatic carbocycles. The summed E-state index contributed by atoms with van der Waals surface area (Å²) >= 11 is 0. The molecular formula is C63H42N2O. The minimum Gasteiger partial charge on any atom is -0.459 e. The predicted octanol–water partition coefficient (Wildman–Crippen LogP) is 17.0. The molecule has 0 N–H and O–H groups in total. The van der Waals surface area contributed by atoms with Crippen LogP contribution in [0.5, 0.6) is 0 Å². The first-order chi connectivity index (χ1) is 32.8. The normalized spacial score (nSPS) is 14.1. The maximum atomic E-state index is 7.22. The number of nitrogens with zero attached hydrogens (tertiary/aromatic N) is 2. The summed E-state index contributed by atoms with van der Waals surface area (Å²) in [5.41, 5.74) is 19.9. The minimum atomic E-state index is -0.679. The molecule has 0 saturated carbocycles. The van der Waals surface area contributed by atoms with Gasteiger partial charge in [0.25, 0.3) is 0 Å². The van der Waals surface area contributed by atoms with Crippen molar-refractivity contribution < 1.29 is 4.42 Å². The van der Waals surface area contributed by atoms with Crippen LogP contribution >= 0.6 is 0 Å². The fourth-order valence-electron chi connectivity index (χ4n) is 10.8. The molecule has 1 atom stereocenters. The Hall–Kier alpha value is -8.66. The van der Waals surface area contributed by atoms with E-state index in [1.54, 1.807) is 0 Å². The summed E-state index contributed by atoms with van der Waals surface area (Å²) in [6.45, 7) is 0. The Morgan fingerprint density at radius 2 is 0.773 bits per heavy atom. The van der Waals surface area contributed by atoms with Gasteiger partial charge in [-0.3, -0.25) is 0 Å². The van der Waals surface area contributed by atoms with Gasteiger partial charge in [-0.05, 0) is 123 Å². The van der Waals surface area contributed by atoms with Crippen molar-refractivity contribution in [2.75, 3.05) is 9.80 Å². The van der Waals surface area contributed by atoms with Crippen LogP contribution in [-0.2, 0) is 5.41 Å². The van der Waals surface area contributed by atoms with Gasteiger partial charge in [-0.15, -0.1) is 0 Å².